The molecule has 6 aromatic rings. The summed E-state index contributed by atoms with van der Waals surface area (Å²) in [6.45, 7) is 2.04. The van der Waals surface area contributed by atoms with E-state index in [1.165, 1.54) is 5.56 Å². The van der Waals surface area contributed by atoms with Crippen molar-refractivity contribution in [2.24, 2.45) is 0 Å². The Hall–Kier alpha value is -4.76. The highest BCUT2D eigenvalue weighted by molar-refractivity contribution is 6.09. The van der Waals surface area contributed by atoms with Gasteiger partial charge in [-0.05, 0) is 57.8 Å². The fraction of sp³-hybridized carbons (Fsp3) is 0.0303. The molecule has 0 fully saturated rings. The number of para-hydroxylation sites is 1. The molecule has 0 aliphatic carbocycles. The van der Waals surface area contributed by atoms with E-state index in [0.717, 1.165) is 32.7 Å². The van der Waals surface area contributed by atoms with Crippen LogP contribution in [0.1, 0.15) is 5.56 Å². The summed E-state index contributed by atoms with van der Waals surface area (Å²) in [5, 5.41) is 34.5. The van der Waals surface area contributed by atoms with Crippen molar-refractivity contribution < 1.29 is 15.3 Å². The zero-order valence-electron chi connectivity index (χ0n) is 19.9. The number of rotatable bonds is 2. The van der Waals surface area contributed by atoms with E-state index in [0.29, 0.717) is 16.9 Å². The highest BCUT2D eigenvalue weighted by Crippen LogP contribution is 2.44. The first-order chi connectivity index (χ1) is 17.5. The highest BCUT2D eigenvalue weighted by atomic mass is 16.3. The molecule has 0 aliphatic rings. The Morgan fingerprint density at radius 3 is 1.36 bits per heavy atom. The van der Waals surface area contributed by atoms with Gasteiger partial charge in [0.25, 0.3) is 0 Å². The lowest BCUT2D eigenvalue weighted by Crippen LogP contribution is -1.86. The molecule has 0 atom stereocenters. The summed E-state index contributed by atoms with van der Waals surface area (Å²) in [5.41, 5.74) is 4.50. The average molecular weight is 471 g/mol. The molecule has 0 saturated carbocycles. The molecule has 6 aromatic carbocycles. The Morgan fingerprint density at radius 1 is 0.389 bits per heavy atom. The van der Waals surface area contributed by atoms with Crippen LogP contribution in [-0.2, 0) is 0 Å². The first kappa shape index (κ1) is 23.0. The van der Waals surface area contributed by atoms with Gasteiger partial charge in [-0.15, -0.1) is 0 Å². The van der Waals surface area contributed by atoms with Crippen LogP contribution in [0.5, 0.6) is 17.2 Å². The van der Waals surface area contributed by atoms with E-state index >= 15 is 0 Å². The van der Waals surface area contributed by atoms with Gasteiger partial charge in [-0.25, -0.2) is 0 Å². The number of aromatic hydroxyl groups is 3. The standard InChI is InChI=1S/C20H14O2.C13H12O/c21-17-11-9-13-5-1-3-7-15(13)19(17)20-16-8-4-2-6-14(16)10-12-18(20)22;1-10-6-2-3-7-11(10)12-8-4-5-9-13(12)14/h1-12,21-22H;2-9,14H,1H3. The molecule has 0 amide bonds. The lowest BCUT2D eigenvalue weighted by molar-refractivity contribution is 0.470. The van der Waals surface area contributed by atoms with E-state index in [-0.39, 0.29) is 11.5 Å². The molecule has 0 spiro atoms. The van der Waals surface area contributed by atoms with Gasteiger partial charge < -0.3 is 15.3 Å². The second-order valence-electron chi connectivity index (χ2n) is 8.69. The number of phenols is 3. The van der Waals surface area contributed by atoms with Crippen LogP contribution in [0.4, 0.5) is 0 Å². The van der Waals surface area contributed by atoms with Crippen LogP contribution in [0.3, 0.4) is 0 Å². The average Bonchev–Trinajstić information content (AvgIpc) is 2.90. The Morgan fingerprint density at radius 2 is 0.833 bits per heavy atom. The summed E-state index contributed by atoms with van der Waals surface area (Å²) in [6, 6.07) is 38.3. The van der Waals surface area contributed by atoms with E-state index in [9.17, 15) is 15.3 Å². The fourth-order valence-electron chi connectivity index (χ4n) is 4.62. The zero-order chi connectivity index (χ0) is 25.1. The van der Waals surface area contributed by atoms with Crippen molar-refractivity contribution in [2.75, 3.05) is 0 Å². The second kappa shape index (κ2) is 9.85. The molecular formula is C33H26O3. The van der Waals surface area contributed by atoms with Crippen molar-refractivity contribution in [1.82, 2.24) is 0 Å². The van der Waals surface area contributed by atoms with Crippen LogP contribution in [-0.4, -0.2) is 15.3 Å². The van der Waals surface area contributed by atoms with Gasteiger partial charge in [0.2, 0.25) is 0 Å². The minimum atomic E-state index is 0.172. The van der Waals surface area contributed by atoms with Gasteiger partial charge in [0.1, 0.15) is 17.2 Å². The van der Waals surface area contributed by atoms with Crippen LogP contribution in [0.25, 0.3) is 43.8 Å². The van der Waals surface area contributed by atoms with E-state index < -0.39 is 0 Å². The van der Waals surface area contributed by atoms with E-state index in [1.807, 2.05) is 110 Å². The van der Waals surface area contributed by atoms with Crippen LogP contribution in [0.2, 0.25) is 0 Å². The predicted octanol–water partition coefficient (Wildman–Crippen LogP) is 8.44. The lowest BCUT2D eigenvalue weighted by atomic mass is 9.92. The van der Waals surface area contributed by atoms with E-state index in [4.69, 9.17) is 0 Å². The molecule has 3 N–H and O–H groups in total. The van der Waals surface area contributed by atoms with Crippen molar-refractivity contribution >= 4 is 21.5 Å². The molecule has 36 heavy (non-hydrogen) atoms. The maximum Gasteiger partial charge on any atom is 0.124 e. The minimum absolute atomic E-state index is 0.172. The highest BCUT2D eigenvalue weighted by Gasteiger charge is 2.16. The van der Waals surface area contributed by atoms with Gasteiger partial charge in [0.15, 0.2) is 0 Å². The number of benzene rings is 6. The number of hydrogen-bond acceptors (Lipinski definition) is 3. The molecule has 3 nitrogen and oxygen atoms in total. The Kier molecular flexibility index (Phi) is 6.29. The Balaban J connectivity index is 0.000000165. The van der Waals surface area contributed by atoms with Gasteiger partial charge in [-0.2, -0.15) is 0 Å². The summed E-state index contributed by atoms with van der Waals surface area (Å²) >= 11 is 0. The maximum atomic E-state index is 10.4. The molecule has 0 heterocycles. The van der Waals surface area contributed by atoms with Crippen LogP contribution in [0, 0.1) is 6.92 Å². The molecule has 0 bridgehead atoms. The third-order valence-electron chi connectivity index (χ3n) is 6.40. The molecule has 0 radical (unpaired) electrons. The van der Waals surface area contributed by atoms with Gasteiger partial charge in [0.05, 0.1) is 0 Å². The van der Waals surface area contributed by atoms with E-state index in [1.54, 1.807) is 18.2 Å². The monoisotopic (exact) mass is 470 g/mol. The predicted molar refractivity (Wildman–Crippen MR) is 148 cm³/mol. The third-order valence-corrected chi connectivity index (χ3v) is 6.40. The van der Waals surface area contributed by atoms with Crippen molar-refractivity contribution in [1.29, 1.82) is 0 Å². The molecule has 0 unspecified atom stereocenters. The molecule has 6 rings (SSSR count). The van der Waals surface area contributed by atoms with Gasteiger partial charge in [0, 0.05) is 16.7 Å². The maximum absolute atomic E-state index is 10.4. The van der Waals surface area contributed by atoms with Crippen LogP contribution < -0.4 is 0 Å². The van der Waals surface area contributed by atoms with Gasteiger partial charge in [-0.1, -0.05) is 103 Å². The topological polar surface area (TPSA) is 60.7 Å². The molecule has 0 saturated heterocycles. The summed E-state index contributed by atoms with van der Waals surface area (Å²) < 4.78 is 0. The second-order valence-corrected chi connectivity index (χ2v) is 8.69. The van der Waals surface area contributed by atoms with Crippen LogP contribution in [0.15, 0.2) is 121 Å². The number of phenolic OH excluding ortho intramolecular Hbond substituents is 3. The Bertz CT molecular complexity index is 1560. The lowest BCUT2D eigenvalue weighted by Gasteiger charge is -2.14. The molecule has 176 valence electrons. The van der Waals surface area contributed by atoms with Crippen LogP contribution >= 0.6 is 0 Å². The summed E-state index contributed by atoms with van der Waals surface area (Å²) in [7, 11) is 0. The zero-order valence-corrected chi connectivity index (χ0v) is 19.9. The fourth-order valence-corrected chi connectivity index (χ4v) is 4.62. The first-order valence-electron chi connectivity index (χ1n) is 11.8. The molecule has 3 heteroatoms. The SMILES string of the molecule is Cc1ccccc1-c1ccccc1O.Oc1ccc2ccccc2c1-c1c(O)ccc2ccccc12. The van der Waals surface area contributed by atoms with Gasteiger partial charge >= 0.3 is 0 Å². The summed E-state index contributed by atoms with van der Waals surface area (Å²) in [4.78, 5) is 0. The number of aryl methyl sites for hydroxylation is 1. The first-order valence-corrected chi connectivity index (χ1v) is 11.8. The normalized spacial score (nSPS) is 10.7. The van der Waals surface area contributed by atoms with Crippen molar-refractivity contribution in [3.05, 3.63) is 127 Å². The molecule has 0 aliphatic heterocycles. The third kappa shape index (κ3) is 4.35. The van der Waals surface area contributed by atoms with Crippen molar-refractivity contribution in [3.8, 4) is 39.5 Å². The quantitative estimate of drug-likeness (QED) is 0.238. The number of hydrogen-bond donors (Lipinski definition) is 3. The minimum Gasteiger partial charge on any atom is -0.507 e. The van der Waals surface area contributed by atoms with Crippen molar-refractivity contribution in [3.63, 3.8) is 0 Å². The smallest absolute Gasteiger partial charge is 0.124 e. The number of fused-ring (bicyclic) bond motifs is 2. The van der Waals surface area contributed by atoms with Gasteiger partial charge in [-0.3, -0.25) is 0 Å². The van der Waals surface area contributed by atoms with Crippen molar-refractivity contribution in [2.45, 2.75) is 6.92 Å². The largest absolute Gasteiger partial charge is 0.507 e. The summed E-state index contributed by atoms with van der Waals surface area (Å²) in [5.74, 6) is 0.678. The van der Waals surface area contributed by atoms with E-state index in [2.05, 4.69) is 0 Å². The summed E-state index contributed by atoms with van der Waals surface area (Å²) in [6.07, 6.45) is 0. The Labute approximate surface area is 210 Å². The molecular weight excluding hydrogens is 444 g/mol. The molecule has 0 aromatic heterocycles.